The van der Waals surface area contributed by atoms with Crippen molar-refractivity contribution in [2.75, 3.05) is 13.1 Å². The fourth-order valence-corrected chi connectivity index (χ4v) is 3.53. The SMILES string of the molecule is O=C(N1CCC(Cc2ccc3ncccc3c2)CC1)C1(F)CC1. The first kappa shape index (κ1) is 14.6. The van der Waals surface area contributed by atoms with Crippen LogP contribution in [-0.2, 0) is 11.2 Å². The molecule has 2 fully saturated rings. The zero-order valence-electron chi connectivity index (χ0n) is 13.2. The molecule has 0 N–H and O–H groups in total. The lowest BCUT2D eigenvalue weighted by Crippen LogP contribution is -2.43. The van der Waals surface area contributed by atoms with Crippen molar-refractivity contribution in [3.8, 4) is 0 Å². The van der Waals surface area contributed by atoms with Gasteiger partial charge in [0.05, 0.1) is 5.52 Å². The van der Waals surface area contributed by atoms with Crippen LogP contribution in [0.2, 0.25) is 0 Å². The van der Waals surface area contributed by atoms with Gasteiger partial charge in [-0.25, -0.2) is 4.39 Å². The van der Waals surface area contributed by atoms with E-state index in [2.05, 4.69) is 29.2 Å². The predicted molar refractivity (Wildman–Crippen MR) is 87.8 cm³/mol. The van der Waals surface area contributed by atoms with Gasteiger partial charge in [0.25, 0.3) is 5.91 Å². The molecule has 23 heavy (non-hydrogen) atoms. The zero-order valence-corrected chi connectivity index (χ0v) is 13.2. The maximum Gasteiger partial charge on any atom is 0.260 e. The molecule has 0 unspecified atom stereocenters. The van der Waals surface area contributed by atoms with E-state index < -0.39 is 5.67 Å². The summed E-state index contributed by atoms with van der Waals surface area (Å²) in [6, 6.07) is 10.5. The summed E-state index contributed by atoms with van der Waals surface area (Å²) in [6.45, 7) is 1.40. The van der Waals surface area contributed by atoms with Crippen LogP contribution in [0.5, 0.6) is 0 Å². The maximum absolute atomic E-state index is 13.9. The van der Waals surface area contributed by atoms with E-state index in [1.165, 1.54) is 10.9 Å². The Kier molecular flexibility index (Phi) is 3.55. The number of likely N-dealkylation sites (tertiary alicyclic amines) is 1. The van der Waals surface area contributed by atoms with E-state index in [0.29, 0.717) is 31.8 Å². The second kappa shape index (κ2) is 5.59. The van der Waals surface area contributed by atoms with Crippen LogP contribution < -0.4 is 0 Å². The van der Waals surface area contributed by atoms with Gasteiger partial charge in [-0.3, -0.25) is 9.78 Å². The molecule has 1 aromatic carbocycles. The normalized spacial score (nSPS) is 20.7. The molecule has 2 heterocycles. The van der Waals surface area contributed by atoms with Crippen molar-refractivity contribution in [1.29, 1.82) is 0 Å². The summed E-state index contributed by atoms with van der Waals surface area (Å²) in [5.74, 6) is 0.302. The van der Waals surface area contributed by atoms with Crippen molar-refractivity contribution in [2.45, 2.75) is 37.8 Å². The standard InChI is InChI=1S/C19H21FN2O/c20-19(7-8-19)18(23)22-10-5-14(6-11-22)12-15-3-4-17-16(13-15)2-1-9-21-17/h1-4,9,13-14H,5-8,10-12H2. The molecular weight excluding hydrogens is 291 g/mol. The van der Waals surface area contributed by atoms with Crippen LogP contribution in [0, 0.1) is 5.92 Å². The molecule has 0 radical (unpaired) electrons. The number of halogens is 1. The van der Waals surface area contributed by atoms with Crippen molar-refractivity contribution < 1.29 is 9.18 Å². The van der Waals surface area contributed by atoms with Crippen LogP contribution in [0.4, 0.5) is 4.39 Å². The lowest BCUT2D eigenvalue weighted by molar-refractivity contribution is -0.139. The number of fused-ring (bicyclic) bond motifs is 1. The third-order valence-corrected chi connectivity index (χ3v) is 5.17. The molecule has 2 aliphatic rings. The number of rotatable bonds is 3. The van der Waals surface area contributed by atoms with Gasteiger partial charge in [-0.2, -0.15) is 0 Å². The van der Waals surface area contributed by atoms with Crippen LogP contribution in [0.3, 0.4) is 0 Å². The number of carbonyl (C=O) groups excluding carboxylic acids is 1. The Labute approximate surface area is 135 Å². The minimum absolute atomic E-state index is 0.271. The topological polar surface area (TPSA) is 33.2 Å². The predicted octanol–water partition coefficient (Wildman–Crippen LogP) is 3.52. The molecule has 0 bridgehead atoms. The van der Waals surface area contributed by atoms with Gasteiger partial charge in [0.15, 0.2) is 5.67 Å². The number of piperidine rings is 1. The van der Waals surface area contributed by atoms with E-state index in [4.69, 9.17) is 0 Å². The molecule has 1 aromatic heterocycles. The van der Waals surface area contributed by atoms with E-state index >= 15 is 0 Å². The van der Waals surface area contributed by atoms with Gasteiger partial charge in [-0.15, -0.1) is 0 Å². The van der Waals surface area contributed by atoms with Crippen molar-refractivity contribution in [3.63, 3.8) is 0 Å². The van der Waals surface area contributed by atoms with E-state index in [1.54, 1.807) is 4.90 Å². The van der Waals surface area contributed by atoms with Crippen LogP contribution >= 0.6 is 0 Å². The Morgan fingerprint density at radius 1 is 1.26 bits per heavy atom. The highest BCUT2D eigenvalue weighted by molar-refractivity contribution is 5.88. The number of pyridine rings is 1. The fraction of sp³-hybridized carbons (Fsp3) is 0.474. The van der Waals surface area contributed by atoms with E-state index in [-0.39, 0.29) is 5.91 Å². The molecule has 1 saturated carbocycles. The molecule has 1 aliphatic carbocycles. The summed E-state index contributed by atoms with van der Waals surface area (Å²) >= 11 is 0. The summed E-state index contributed by atoms with van der Waals surface area (Å²) < 4.78 is 13.9. The van der Waals surface area contributed by atoms with Crippen LogP contribution in [0.25, 0.3) is 10.9 Å². The fourth-order valence-electron chi connectivity index (χ4n) is 3.53. The van der Waals surface area contributed by atoms with Crippen LogP contribution in [-0.4, -0.2) is 34.5 Å². The Bertz CT molecular complexity index is 733. The number of amides is 1. The molecule has 0 spiro atoms. The van der Waals surface area contributed by atoms with E-state index in [1.807, 2.05) is 12.3 Å². The molecule has 0 atom stereocenters. The van der Waals surface area contributed by atoms with Crippen molar-refractivity contribution in [1.82, 2.24) is 9.88 Å². The van der Waals surface area contributed by atoms with Gasteiger partial charge in [0, 0.05) is 24.7 Å². The second-order valence-corrected chi connectivity index (χ2v) is 6.94. The monoisotopic (exact) mass is 312 g/mol. The number of aromatic nitrogens is 1. The summed E-state index contributed by atoms with van der Waals surface area (Å²) in [6.07, 6.45) is 5.59. The average molecular weight is 312 g/mol. The summed E-state index contributed by atoms with van der Waals surface area (Å²) in [7, 11) is 0. The highest BCUT2D eigenvalue weighted by Crippen LogP contribution is 2.42. The number of nitrogens with zero attached hydrogens (tertiary/aromatic N) is 2. The van der Waals surface area contributed by atoms with E-state index in [0.717, 1.165) is 24.8 Å². The molecule has 120 valence electrons. The first-order valence-corrected chi connectivity index (χ1v) is 8.46. The van der Waals surface area contributed by atoms with Gasteiger partial charge in [-0.1, -0.05) is 12.1 Å². The molecule has 4 rings (SSSR count). The molecular formula is C19H21FN2O. The molecule has 1 aliphatic heterocycles. The number of benzene rings is 1. The minimum atomic E-state index is -1.52. The Balaban J connectivity index is 1.37. The minimum Gasteiger partial charge on any atom is -0.340 e. The van der Waals surface area contributed by atoms with Crippen LogP contribution in [0.15, 0.2) is 36.5 Å². The summed E-state index contributed by atoms with van der Waals surface area (Å²) in [4.78, 5) is 18.1. The van der Waals surface area contributed by atoms with Gasteiger partial charge in [-0.05, 0) is 61.8 Å². The van der Waals surface area contributed by atoms with Gasteiger partial charge >= 0.3 is 0 Å². The molecule has 3 nitrogen and oxygen atoms in total. The summed E-state index contributed by atoms with van der Waals surface area (Å²) in [5.41, 5.74) is 0.826. The second-order valence-electron chi connectivity index (χ2n) is 6.94. The Hall–Kier alpha value is -1.97. The average Bonchev–Trinajstić information content (AvgIpc) is 3.34. The quantitative estimate of drug-likeness (QED) is 0.869. The number of alkyl halides is 1. The first-order valence-electron chi connectivity index (χ1n) is 8.46. The number of hydrogen-bond donors (Lipinski definition) is 0. The zero-order chi connectivity index (χ0) is 15.9. The Morgan fingerprint density at radius 2 is 2.04 bits per heavy atom. The first-order chi connectivity index (χ1) is 11.1. The van der Waals surface area contributed by atoms with Gasteiger partial charge < -0.3 is 4.90 Å². The van der Waals surface area contributed by atoms with Crippen LogP contribution in [0.1, 0.15) is 31.2 Å². The van der Waals surface area contributed by atoms with Crippen molar-refractivity contribution in [3.05, 3.63) is 42.1 Å². The highest BCUT2D eigenvalue weighted by Gasteiger charge is 2.52. The highest BCUT2D eigenvalue weighted by atomic mass is 19.1. The van der Waals surface area contributed by atoms with Crippen molar-refractivity contribution >= 4 is 16.8 Å². The van der Waals surface area contributed by atoms with E-state index in [9.17, 15) is 9.18 Å². The number of carbonyl (C=O) groups is 1. The van der Waals surface area contributed by atoms with Gasteiger partial charge in [0.1, 0.15) is 0 Å². The lowest BCUT2D eigenvalue weighted by atomic mass is 9.89. The molecule has 1 amide bonds. The lowest BCUT2D eigenvalue weighted by Gasteiger charge is -2.33. The summed E-state index contributed by atoms with van der Waals surface area (Å²) in [5, 5.41) is 1.17. The largest absolute Gasteiger partial charge is 0.340 e. The van der Waals surface area contributed by atoms with Gasteiger partial charge in [0.2, 0.25) is 0 Å². The third-order valence-electron chi connectivity index (χ3n) is 5.17. The Morgan fingerprint density at radius 3 is 2.78 bits per heavy atom. The smallest absolute Gasteiger partial charge is 0.260 e. The number of hydrogen-bond acceptors (Lipinski definition) is 2. The molecule has 1 saturated heterocycles. The molecule has 4 heteroatoms. The van der Waals surface area contributed by atoms with Crippen molar-refractivity contribution in [2.24, 2.45) is 5.92 Å². The third kappa shape index (κ3) is 2.94. The maximum atomic E-state index is 13.9. The molecule has 2 aromatic rings.